The van der Waals surface area contributed by atoms with E-state index in [1.807, 2.05) is 0 Å². The van der Waals surface area contributed by atoms with Crippen LogP contribution in [-0.2, 0) is 44.8 Å². The van der Waals surface area contributed by atoms with Crippen molar-refractivity contribution in [3.8, 4) is 5.75 Å². The summed E-state index contributed by atoms with van der Waals surface area (Å²) in [6.45, 7) is 7.87. The first kappa shape index (κ1) is 50.1. The topological polar surface area (TPSA) is 377 Å². The maximum atomic E-state index is 13.9. The number of carboxylic acids is 1. The molecule has 8 atom stereocenters. The Labute approximate surface area is 348 Å². The van der Waals surface area contributed by atoms with Gasteiger partial charge in [-0.15, -0.1) is 0 Å². The number of aromatic hydroxyl groups is 1. The largest absolute Gasteiger partial charge is 0.508 e. The molecular weight excluding hydrogens is 786 g/mol. The molecule has 0 unspecified atom stereocenters. The number of carbonyl (C=O) groups is 8. The summed E-state index contributed by atoms with van der Waals surface area (Å²) in [4.78, 5) is 109. The molecule has 22 nitrogen and oxygen atoms in total. The van der Waals surface area contributed by atoms with Gasteiger partial charge in [0.15, 0.2) is 5.96 Å². The molecule has 7 amide bonds. The van der Waals surface area contributed by atoms with Gasteiger partial charge >= 0.3 is 5.97 Å². The molecule has 2 rings (SSSR count). The quantitative estimate of drug-likeness (QED) is 0.0272. The number of carbonyl (C=O) groups excluding carboxylic acids is 7. The number of benzene rings is 1. The van der Waals surface area contributed by atoms with E-state index in [0.29, 0.717) is 12.0 Å². The minimum Gasteiger partial charge on any atom is -0.508 e. The van der Waals surface area contributed by atoms with Crippen LogP contribution in [0.4, 0.5) is 0 Å². The Balaban J connectivity index is 2.31. The molecule has 1 heterocycles. The van der Waals surface area contributed by atoms with Gasteiger partial charge < -0.3 is 69.7 Å². The Morgan fingerprint density at radius 3 is 1.95 bits per heavy atom. The Bertz CT molecular complexity index is 1720. The summed E-state index contributed by atoms with van der Waals surface area (Å²) >= 11 is 0. The molecule has 0 aliphatic carbocycles. The molecule has 0 bridgehead atoms. The van der Waals surface area contributed by atoms with Crippen LogP contribution in [0.3, 0.4) is 0 Å². The number of amides is 7. The minimum atomic E-state index is -1.58. The second kappa shape index (κ2) is 23.5. The zero-order valence-electron chi connectivity index (χ0n) is 34.6. The molecule has 60 heavy (non-hydrogen) atoms. The zero-order chi connectivity index (χ0) is 45.4. The smallest absolute Gasteiger partial charge is 0.303 e. The first-order valence-corrected chi connectivity index (χ1v) is 19.6. The van der Waals surface area contributed by atoms with Crippen LogP contribution in [0.2, 0.25) is 0 Å². The molecule has 1 aliphatic rings. The lowest BCUT2D eigenvalue weighted by Crippen LogP contribution is -2.59. The van der Waals surface area contributed by atoms with E-state index < -0.39 is 121 Å². The molecule has 334 valence electrons. The highest BCUT2D eigenvalue weighted by Crippen LogP contribution is 2.22. The van der Waals surface area contributed by atoms with Gasteiger partial charge in [-0.25, -0.2) is 0 Å². The lowest BCUT2D eigenvalue weighted by Gasteiger charge is -2.32. The summed E-state index contributed by atoms with van der Waals surface area (Å²) in [6, 6.07) is -3.29. The maximum absolute atomic E-state index is 13.9. The predicted octanol–water partition coefficient (Wildman–Crippen LogP) is -3.62. The van der Waals surface area contributed by atoms with Gasteiger partial charge in [0, 0.05) is 19.4 Å². The number of rotatable bonds is 24. The van der Waals surface area contributed by atoms with Crippen molar-refractivity contribution in [1.82, 2.24) is 31.5 Å². The highest BCUT2D eigenvalue weighted by molar-refractivity contribution is 5.98. The van der Waals surface area contributed by atoms with Gasteiger partial charge in [0.25, 0.3) is 0 Å². The molecule has 0 spiro atoms. The van der Waals surface area contributed by atoms with Gasteiger partial charge in [0.05, 0.1) is 12.6 Å². The predicted molar refractivity (Wildman–Crippen MR) is 217 cm³/mol. The highest BCUT2D eigenvalue weighted by atomic mass is 16.4. The molecule has 0 radical (unpaired) electrons. The van der Waals surface area contributed by atoms with Crippen LogP contribution < -0.4 is 49.5 Å². The number of phenols is 1. The fourth-order valence-corrected chi connectivity index (χ4v) is 6.37. The molecule has 0 saturated carbocycles. The second-order valence-electron chi connectivity index (χ2n) is 15.5. The van der Waals surface area contributed by atoms with Gasteiger partial charge in [-0.05, 0) is 62.1 Å². The third-order valence-electron chi connectivity index (χ3n) is 9.57. The number of primary amides is 1. The van der Waals surface area contributed by atoms with Crippen LogP contribution in [0, 0.1) is 11.8 Å². The van der Waals surface area contributed by atoms with Crippen LogP contribution in [-0.4, -0.2) is 135 Å². The number of aliphatic hydroxyl groups excluding tert-OH is 1. The van der Waals surface area contributed by atoms with Crippen molar-refractivity contribution in [2.75, 3.05) is 13.1 Å². The number of aliphatic hydroxyl groups is 1. The van der Waals surface area contributed by atoms with E-state index in [2.05, 4.69) is 31.6 Å². The third-order valence-corrected chi connectivity index (χ3v) is 9.57. The minimum absolute atomic E-state index is 0.0432. The van der Waals surface area contributed by atoms with E-state index in [4.69, 9.17) is 22.9 Å². The van der Waals surface area contributed by atoms with Crippen LogP contribution >= 0.6 is 0 Å². The van der Waals surface area contributed by atoms with E-state index in [9.17, 15) is 53.7 Å². The number of nitrogens with two attached hydrogens (primary N) is 4. The molecule has 1 fully saturated rings. The molecule has 1 saturated heterocycles. The number of β-amino-alcohol motifs (C(OH)–C–C–N with tert-alkyl or cyclic N) is 1. The molecule has 1 aliphatic heterocycles. The molecule has 1 aromatic carbocycles. The van der Waals surface area contributed by atoms with Crippen molar-refractivity contribution in [2.45, 2.75) is 122 Å². The van der Waals surface area contributed by atoms with Crippen molar-refractivity contribution in [2.24, 2.45) is 39.8 Å². The fourth-order valence-electron chi connectivity index (χ4n) is 6.37. The second-order valence-corrected chi connectivity index (χ2v) is 15.5. The number of aliphatic imine (C=N–C) groups is 1. The Morgan fingerprint density at radius 2 is 1.40 bits per heavy atom. The summed E-state index contributed by atoms with van der Waals surface area (Å²) in [5, 5.41) is 42.7. The van der Waals surface area contributed by atoms with Crippen molar-refractivity contribution >= 4 is 53.3 Å². The highest BCUT2D eigenvalue weighted by Gasteiger charge is 2.47. The number of likely N-dealkylation sites (tertiary alicyclic amines) is 1. The number of nitrogens with zero attached hydrogens (tertiary/aromatic N) is 2. The van der Waals surface area contributed by atoms with E-state index in [1.54, 1.807) is 27.7 Å². The van der Waals surface area contributed by atoms with Gasteiger partial charge in [-0.3, -0.25) is 43.3 Å². The van der Waals surface area contributed by atoms with Crippen LogP contribution in [0.15, 0.2) is 29.3 Å². The summed E-state index contributed by atoms with van der Waals surface area (Å²) in [5.74, 6) is -8.01. The number of carboxylic acid groups (broad SMARTS) is 1. The average molecular weight is 848 g/mol. The van der Waals surface area contributed by atoms with E-state index >= 15 is 0 Å². The average Bonchev–Trinajstić information content (AvgIpc) is 3.42. The third kappa shape index (κ3) is 16.0. The van der Waals surface area contributed by atoms with Crippen molar-refractivity contribution in [3.63, 3.8) is 0 Å². The van der Waals surface area contributed by atoms with Gasteiger partial charge in [0.1, 0.15) is 48.1 Å². The van der Waals surface area contributed by atoms with Crippen molar-refractivity contribution in [3.05, 3.63) is 29.8 Å². The Morgan fingerprint density at radius 1 is 0.817 bits per heavy atom. The van der Waals surface area contributed by atoms with Gasteiger partial charge in [-0.1, -0.05) is 39.8 Å². The normalized spacial score (nSPS) is 18.0. The fraction of sp³-hybridized carbons (Fsp3) is 0.605. The number of aliphatic carboxylic acids is 1. The molecule has 0 aromatic heterocycles. The SMILES string of the molecule is CC(C)C[C@@H](NC(=O)[C@@H](CCC(=O)O)NC(=O)[C@@H](C(C)C)N1C[C@@H](O)[C@H](NC(=O)[C@@H](Cc2ccc(O)cc2)NC(=O)[C@H](N)CCCN=C(N)N)C1=O)C(=O)N[C@H](C)C(N)=O. The monoisotopic (exact) mass is 847 g/mol. The Hall–Kier alpha value is -6.03. The number of nitrogens with one attached hydrogen (secondary N) is 5. The van der Waals surface area contributed by atoms with Crippen LogP contribution in [0.5, 0.6) is 5.75 Å². The lowest BCUT2D eigenvalue weighted by molar-refractivity contribution is -0.142. The molecule has 1 aromatic rings. The summed E-state index contributed by atoms with van der Waals surface area (Å²) in [6.07, 6.45) is -2.01. The van der Waals surface area contributed by atoms with E-state index in [0.717, 1.165) is 4.90 Å². The van der Waals surface area contributed by atoms with Gasteiger partial charge in [-0.2, -0.15) is 0 Å². The Kier molecular flexibility index (Phi) is 19.7. The lowest BCUT2D eigenvalue weighted by atomic mass is 9.99. The number of hydrogen-bond acceptors (Lipinski definition) is 12. The van der Waals surface area contributed by atoms with Crippen molar-refractivity contribution < 1.29 is 53.7 Å². The molecular formula is C38H61N11O11. The van der Waals surface area contributed by atoms with Crippen molar-refractivity contribution in [1.29, 1.82) is 0 Å². The van der Waals surface area contributed by atoms with E-state index in [1.165, 1.54) is 31.2 Å². The molecule has 22 heteroatoms. The molecule has 16 N–H and O–H groups in total. The zero-order valence-corrected chi connectivity index (χ0v) is 34.6. The summed E-state index contributed by atoms with van der Waals surface area (Å²) < 4.78 is 0. The summed E-state index contributed by atoms with van der Waals surface area (Å²) in [7, 11) is 0. The summed E-state index contributed by atoms with van der Waals surface area (Å²) in [5.41, 5.74) is 22.5. The first-order valence-electron chi connectivity index (χ1n) is 19.6. The van der Waals surface area contributed by atoms with E-state index in [-0.39, 0.29) is 43.4 Å². The maximum Gasteiger partial charge on any atom is 0.303 e. The van der Waals surface area contributed by atoms with Gasteiger partial charge in [0.2, 0.25) is 41.4 Å². The number of phenolic OH excluding ortho intramolecular Hbond substituents is 1. The van der Waals surface area contributed by atoms with Crippen LogP contribution in [0.25, 0.3) is 0 Å². The number of guanidine groups is 1. The number of hydrogen-bond donors (Lipinski definition) is 12. The standard InChI is InChI=1S/C38H61N11O11/c1-18(2)15-25(34(57)44-20(5)31(40)54)47-33(56)24(12-13-28(52)53)45-36(59)30(19(3)4)49-17-27(51)29(37(49)60)48-35(58)26(16-21-8-10-22(50)11-9-21)46-32(55)23(39)7-6-14-43-38(41)42/h8-11,18-20,23-27,29-30,50-51H,6-7,12-17,39H2,1-5H3,(H2,40,54)(H,44,57)(H,45,59)(H,46,55)(H,47,56)(H,48,58)(H,52,53)(H4,41,42,43)/t20-,23-,24-,25-,26-,27-,29+,30-/m1/s1. The first-order chi connectivity index (χ1) is 28.0. The van der Waals surface area contributed by atoms with Crippen LogP contribution in [0.1, 0.15) is 72.3 Å².